The van der Waals surface area contributed by atoms with Gasteiger partial charge < -0.3 is 5.73 Å². The Morgan fingerprint density at radius 2 is 1.47 bits per heavy atom. The maximum absolute atomic E-state index is 10.9. The minimum absolute atomic E-state index is 0.183. The van der Waals surface area contributed by atoms with Gasteiger partial charge in [-0.2, -0.15) is 0 Å². The molecule has 0 amide bonds. The van der Waals surface area contributed by atoms with Gasteiger partial charge in [0.15, 0.2) is 0 Å². The molecule has 0 aromatic heterocycles. The van der Waals surface area contributed by atoms with E-state index in [0.29, 0.717) is 6.42 Å². The van der Waals surface area contributed by atoms with Gasteiger partial charge in [-0.1, -0.05) is 45.4 Å². The van der Waals surface area contributed by atoms with Gasteiger partial charge >= 0.3 is 0 Å². The van der Waals surface area contributed by atoms with Crippen LogP contribution in [0.4, 0.5) is 0 Å². The van der Waals surface area contributed by atoms with E-state index in [9.17, 15) is 8.42 Å². The number of sulfone groups is 1. The van der Waals surface area contributed by atoms with Crippen LogP contribution >= 0.6 is 0 Å². The molecule has 0 aliphatic carbocycles. The minimum atomic E-state index is -2.81. The average molecular weight is 263 g/mol. The SMILES string of the molecule is CCCCCCCCC(N)CCCS(C)(=O)=O. The van der Waals surface area contributed by atoms with E-state index in [1.54, 1.807) is 0 Å². The third-order valence-electron chi connectivity index (χ3n) is 3.02. The summed E-state index contributed by atoms with van der Waals surface area (Å²) < 4.78 is 21.9. The number of hydrogen-bond donors (Lipinski definition) is 1. The smallest absolute Gasteiger partial charge is 0.147 e. The molecule has 0 aliphatic heterocycles. The summed E-state index contributed by atoms with van der Waals surface area (Å²) in [7, 11) is -2.81. The van der Waals surface area contributed by atoms with Crippen molar-refractivity contribution in [1.29, 1.82) is 0 Å². The van der Waals surface area contributed by atoms with Crippen LogP contribution in [0.2, 0.25) is 0 Å². The molecule has 0 fully saturated rings. The van der Waals surface area contributed by atoms with Crippen LogP contribution in [0.25, 0.3) is 0 Å². The number of hydrogen-bond acceptors (Lipinski definition) is 3. The first kappa shape index (κ1) is 16.9. The van der Waals surface area contributed by atoms with Crippen LogP contribution in [-0.4, -0.2) is 26.5 Å². The van der Waals surface area contributed by atoms with Gasteiger partial charge in [-0.15, -0.1) is 0 Å². The molecular weight excluding hydrogens is 234 g/mol. The van der Waals surface area contributed by atoms with Gasteiger partial charge in [0.2, 0.25) is 0 Å². The first-order valence-corrected chi connectivity index (χ1v) is 8.95. The number of nitrogens with two attached hydrogens (primary N) is 1. The highest BCUT2D eigenvalue weighted by molar-refractivity contribution is 7.90. The van der Waals surface area contributed by atoms with E-state index in [-0.39, 0.29) is 11.8 Å². The fraction of sp³-hybridized carbons (Fsp3) is 1.00. The maximum atomic E-state index is 10.9. The van der Waals surface area contributed by atoms with Crippen molar-refractivity contribution in [2.24, 2.45) is 5.73 Å². The van der Waals surface area contributed by atoms with Gasteiger partial charge in [0.1, 0.15) is 9.84 Å². The largest absolute Gasteiger partial charge is 0.328 e. The second-order valence-corrected chi connectivity index (χ2v) is 7.35. The molecule has 0 saturated carbocycles. The van der Waals surface area contributed by atoms with Crippen LogP contribution in [0.5, 0.6) is 0 Å². The van der Waals surface area contributed by atoms with Crippen LogP contribution in [0, 0.1) is 0 Å². The fourth-order valence-electron chi connectivity index (χ4n) is 1.94. The molecule has 0 aliphatic rings. The highest BCUT2D eigenvalue weighted by Gasteiger charge is 2.06. The Hall–Kier alpha value is -0.0900. The second-order valence-electron chi connectivity index (χ2n) is 5.09. The van der Waals surface area contributed by atoms with E-state index in [0.717, 1.165) is 12.8 Å². The van der Waals surface area contributed by atoms with Crippen LogP contribution in [-0.2, 0) is 9.84 Å². The molecule has 0 aromatic rings. The maximum Gasteiger partial charge on any atom is 0.147 e. The molecule has 4 heteroatoms. The van der Waals surface area contributed by atoms with Crippen LogP contribution in [0.1, 0.15) is 64.7 Å². The van der Waals surface area contributed by atoms with Crippen molar-refractivity contribution in [3.05, 3.63) is 0 Å². The highest BCUT2D eigenvalue weighted by atomic mass is 32.2. The predicted octanol–water partition coefficient (Wildman–Crippen LogP) is 2.89. The first-order valence-electron chi connectivity index (χ1n) is 6.89. The Morgan fingerprint density at radius 1 is 0.941 bits per heavy atom. The summed E-state index contributed by atoms with van der Waals surface area (Å²) in [6, 6.07) is 0.183. The van der Waals surface area contributed by atoms with Gasteiger partial charge in [-0.05, 0) is 19.3 Å². The molecule has 0 radical (unpaired) electrons. The average Bonchev–Trinajstić information content (AvgIpc) is 2.21. The van der Waals surface area contributed by atoms with E-state index >= 15 is 0 Å². The standard InChI is InChI=1S/C13H29NO2S/c1-3-4-5-6-7-8-10-13(14)11-9-12-17(2,15)16/h13H,3-12,14H2,1-2H3. The van der Waals surface area contributed by atoms with Crippen molar-refractivity contribution < 1.29 is 8.42 Å². The molecule has 0 rings (SSSR count). The predicted molar refractivity (Wildman–Crippen MR) is 74.9 cm³/mol. The van der Waals surface area contributed by atoms with Crippen molar-refractivity contribution in [3.63, 3.8) is 0 Å². The summed E-state index contributed by atoms with van der Waals surface area (Å²) in [4.78, 5) is 0. The molecule has 0 spiro atoms. The van der Waals surface area contributed by atoms with Gasteiger partial charge in [0, 0.05) is 18.1 Å². The molecule has 0 aromatic carbocycles. The van der Waals surface area contributed by atoms with Crippen molar-refractivity contribution in [2.75, 3.05) is 12.0 Å². The lowest BCUT2D eigenvalue weighted by Gasteiger charge is -2.10. The molecule has 0 saturated heterocycles. The third kappa shape index (κ3) is 13.8. The van der Waals surface area contributed by atoms with E-state index in [2.05, 4.69) is 6.92 Å². The Bertz CT molecular complexity index is 263. The van der Waals surface area contributed by atoms with Crippen molar-refractivity contribution in [1.82, 2.24) is 0 Å². The Labute approximate surface area is 107 Å². The van der Waals surface area contributed by atoms with Crippen molar-refractivity contribution in [3.8, 4) is 0 Å². The normalized spacial score (nSPS) is 13.8. The first-order chi connectivity index (χ1) is 7.95. The zero-order chi connectivity index (χ0) is 13.1. The molecule has 17 heavy (non-hydrogen) atoms. The van der Waals surface area contributed by atoms with E-state index in [4.69, 9.17) is 5.73 Å². The molecule has 104 valence electrons. The number of rotatable bonds is 11. The van der Waals surface area contributed by atoms with E-state index in [1.807, 2.05) is 0 Å². The van der Waals surface area contributed by atoms with Crippen LogP contribution in [0.15, 0.2) is 0 Å². The quantitative estimate of drug-likeness (QED) is 0.583. The summed E-state index contributed by atoms with van der Waals surface area (Å²) >= 11 is 0. The molecule has 1 unspecified atom stereocenters. The topological polar surface area (TPSA) is 60.2 Å². The monoisotopic (exact) mass is 263 g/mol. The highest BCUT2D eigenvalue weighted by Crippen LogP contribution is 2.10. The fourth-order valence-corrected chi connectivity index (χ4v) is 2.63. The Morgan fingerprint density at radius 3 is 2.06 bits per heavy atom. The second kappa shape index (κ2) is 9.89. The third-order valence-corrected chi connectivity index (χ3v) is 4.05. The zero-order valence-electron chi connectivity index (χ0n) is 11.5. The van der Waals surface area contributed by atoms with Crippen LogP contribution in [0.3, 0.4) is 0 Å². The Kier molecular flexibility index (Phi) is 9.84. The van der Waals surface area contributed by atoms with E-state index < -0.39 is 9.84 Å². The van der Waals surface area contributed by atoms with Gasteiger partial charge in [0.05, 0.1) is 0 Å². The summed E-state index contributed by atoms with van der Waals surface area (Å²) in [5.41, 5.74) is 5.95. The summed E-state index contributed by atoms with van der Waals surface area (Å²) in [6.07, 6.45) is 11.6. The van der Waals surface area contributed by atoms with Crippen molar-refractivity contribution >= 4 is 9.84 Å². The lowest BCUT2D eigenvalue weighted by molar-refractivity contribution is 0.507. The Balaban J connectivity index is 3.32. The molecule has 0 bridgehead atoms. The van der Waals surface area contributed by atoms with E-state index in [1.165, 1.54) is 44.8 Å². The molecule has 2 N–H and O–H groups in total. The van der Waals surface area contributed by atoms with Crippen molar-refractivity contribution in [2.45, 2.75) is 70.8 Å². The van der Waals surface area contributed by atoms with Gasteiger partial charge in [-0.3, -0.25) is 0 Å². The van der Waals surface area contributed by atoms with Crippen LogP contribution < -0.4 is 5.73 Å². The summed E-state index contributed by atoms with van der Waals surface area (Å²) in [6.45, 7) is 2.22. The molecule has 3 nitrogen and oxygen atoms in total. The minimum Gasteiger partial charge on any atom is -0.328 e. The molecule has 0 heterocycles. The zero-order valence-corrected chi connectivity index (χ0v) is 12.3. The summed E-state index contributed by atoms with van der Waals surface area (Å²) in [5, 5.41) is 0. The number of unbranched alkanes of at least 4 members (excludes halogenated alkanes) is 5. The lowest BCUT2D eigenvalue weighted by Crippen LogP contribution is -2.20. The van der Waals surface area contributed by atoms with Gasteiger partial charge in [0.25, 0.3) is 0 Å². The summed E-state index contributed by atoms with van der Waals surface area (Å²) in [5.74, 6) is 0.275. The molecular formula is C13H29NO2S. The van der Waals surface area contributed by atoms with Gasteiger partial charge in [-0.25, -0.2) is 8.42 Å². The lowest BCUT2D eigenvalue weighted by atomic mass is 10.0. The molecule has 1 atom stereocenters.